The van der Waals surface area contributed by atoms with Crippen LogP contribution in [0.4, 0.5) is 0 Å². The van der Waals surface area contributed by atoms with Gasteiger partial charge in [0.15, 0.2) is 0 Å². The summed E-state index contributed by atoms with van der Waals surface area (Å²) in [6.07, 6.45) is 8.25. The van der Waals surface area contributed by atoms with Crippen LogP contribution in [-0.2, 0) is 19.1 Å². The highest BCUT2D eigenvalue weighted by atomic mass is 16.5. The van der Waals surface area contributed by atoms with E-state index < -0.39 is 0 Å². The van der Waals surface area contributed by atoms with Gasteiger partial charge in [0, 0.05) is 64.4 Å². The number of ether oxygens (including phenoxy) is 2. The molecule has 0 aromatic heterocycles. The fourth-order valence-electron chi connectivity index (χ4n) is 8.58. The number of amides is 2. The zero-order valence-corrected chi connectivity index (χ0v) is 24.1. The minimum atomic E-state index is -0.0969. The van der Waals surface area contributed by atoms with E-state index >= 15 is 0 Å². The van der Waals surface area contributed by atoms with Crippen LogP contribution < -0.4 is 5.32 Å². The molecule has 0 aromatic carbocycles. The van der Waals surface area contributed by atoms with Crippen molar-refractivity contribution in [2.24, 2.45) is 29.6 Å². The number of hydrogen-bond donors (Lipinski definition) is 1. The van der Waals surface area contributed by atoms with E-state index in [1.807, 2.05) is 0 Å². The lowest BCUT2D eigenvalue weighted by Crippen LogP contribution is -2.67. The number of fused-ring (bicyclic) bond motifs is 4. The van der Waals surface area contributed by atoms with Gasteiger partial charge in [-0.3, -0.25) is 9.59 Å². The molecule has 8 unspecified atom stereocenters. The first kappa shape index (κ1) is 28.3. The molecule has 0 aromatic rings. The Morgan fingerprint density at radius 3 is 2.37 bits per heavy atom. The van der Waals surface area contributed by atoms with Gasteiger partial charge in [-0.05, 0) is 83.7 Å². The van der Waals surface area contributed by atoms with E-state index in [4.69, 9.17) is 9.47 Å². The van der Waals surface area contributed by atoms with Gasteiger partial charge in [-0.2, -0.15) is 0 Å². The maximum Gasteiger partial charge on any atom is 0.226 e. The van der Waals surface area contributed by atoms with Crippen LogP contribution in [-0.4, -0.2) is 111 Å². The molecule has 2 aliphatic carbocycles. The molecule has 5 fully saturated rings. The van der Waals surface area contributed by atoms with Gasteiger partial charge < -0.3 is 29.5 Å². The van der Waals surface area contributed by atoms with Crippen LogP contribution in [0.1, 0.15) is 65.2 Å². The van der Waals surface area contributed by atoms with Crippen LogP contribution in [0.5, 0.6) is 0 Å². The van der Waals surface area contributed by atoms with E-state index in [9.17, 15) is 9.59 Å². The van der Waals surface area contributed by atoms with Crippen LogP contribution in [0.3, 0.4) is 0 Å². The highest BCUT2D eigenvalue weighted by Crippen LogP contribution is 2.51. The topological polar surface area (TPSA) is 74.4 Å². The summed E-state index contributed by atoms with van der Waals surface area (Å²) in [6, 6.07) is 0.00349. The molecule has 38 heavy (non-hydrogen) atoms. The van der Waals surface area contributed by atoms with E-state index in [-0.39, 0.29) is 41.9 Å². The smallest absolute Gasteiger partial charge is 0.226 e. The molecule has 8 atom stereocenters. The summed E-state index contributed by atoms with van der Waals surface area (Å²) in [4.78, 5) is 34.9. The molecular formula is C30H52N4O4. The Balaban J connectivity index is 1.30. The first-order valence-corrected chi connectivity index (χ1v) is 15.7. The lowest BCUT2D eigenvalue weighted by molar-refractivity contribution is -0.178. The maximum atomic E-state index is 14.0. The SMILES string of the molecule is CCOC1CC2CCN3C(=O)C4CCCCC4C(C(=O)NCCCN4CCN(C)CC4)C3C2CC1OCC. The molecule has 1 N–H and O–H groups in total. The number of rotatable bonds is 9. The Morgan fingerprint density at radius 2 is 1.63 bits per heavy atom. The number of carbonyl (C=O) groups excluding carboxylic acids is 2. The zero-order valence-electron chi connectivity index (χ0n) is 24.1. The number of likely N-dealkylation sites (N-methyl/N-ethyl adjacent to an activating group) is 1. The van der Waals surface area contributed by atoms with Crippen molar-refractivity contribution in [1.82, 2.24) is 20.0 Å². The van der Waals surface area contributed by atoms with E-state index in [0.717, 1.165) is 97.2 Å². The number of piperazine rings is 1. The van der Waals surface area contributed by atoms with Crippen molar-refractivity contribution in [3.63, 3.8) is 0 Å². The molecule has 3 saturated heterocycles. The molecule has 3 heterocycles. The van der Waals surface area contributed by atoms with Gasteiger partial charge in [-0.1, -0.05) is 12.8 Å². The zero-order chi connectivity index (χ0) is 26.6. The van der Waals surface area contributed by atoms with Crippen molar-refractivity contribution in [3.8, 4) is 0 Å². The van der Waals surface area contributed by atoms with Gasteiger partial charge in [0.2, 0.25) is 11.8 Å². The highest BCUT2D eigenvalue weighted by molar-refractivity contribution is 5.87. The molecule has 0 radical (unpaired) electrons. The normalized spacial score (nSPS) is 38.3. The van der Waals surface area contributed by atoms with Crippen molar-refractivity contribution >= 4 is 11.8 Å². The lowest BCUT2D eigenvalue weighted by Gasteiger charge is -2.58. The number of hydrogen-bond acceptors (Lipinski definition) is 6. The second kappa shape index (κ2) is 13.0. The van der Waals surface area contributed by atoms with E-state index in [1.165, 1.54) is 0 Å². The van der Waals surface area contributed by atoms with Crippen molar-refractivity contribution in [2.45, 2.75) is 83.5 Å². The van der Waals surface area contributed by atoms with Crippen molar-refractivity contribution in [3.05, 3.63) is 0 Å². The van der Waals surface area contributed by atoms with Gasteiger partial charge in [-0.15, -0.1) is 0 Å². The summed E-state index contributed by atoms with van der Waals surface area (Å²) in [7, 11) is 2.18. The maximum absolute atomic E-state index is 14.0. The first-order chi connectivity index (χ1) is 18.5. The van der Waals surface area contributed by atoms with Gasteiger partial charge in [0.05, 0.1) is 18.1 Å². The summed E-state index contributed by atoms with van der Waals surface area (Å²) >= 11 is 0. The Morgan fingerprint density at radius 1 is 0.921 bits per heavy atom. The predicted octanol–water partition coefficient (Wildman–Crippen LogP) is 2.61. The number of piperidine rings is 2. The van der Waals surface area contributed by atoms with Crippen molar-refractivity contribution in [2.75, 3.05) is 66.1 Å². The average Bonchev–Trinajstić information content (AvgIpc) is 2.93. The molecule has 5 aliphatic rings. The molecule has 2 saturated carbocycles. The first-order valence-electron chi connectivity index (χ1n) is 15.7. The van der Waals surface area contributed by atoms with Gasteiger partial charge in [0.25, 0.3) is 0 Å². The molecule has 0 bridgehead atoms. The van der Waals surface area contributed by atoms with Gasteiger partial charge in [-0.25, -0.2) is 0 Å². The molecule has 8 nitrogen and oxygen atoms in total. The van der Waals surface area contributed by atoms with Crippen molar-refractivity contribution in [1.29, 1.82) is 0 Å². The van der Waals surface area contributed by atoms with Crippen LogP contribution in [0.2, 0.25) is 0 Å². The molecule has 216 valence electrons. The predicted molar refractivity (Wildman–Crippen MR) is 148 cm³/mol. The summed E-state index contributed by atoms with van der Waals surface area (Å²) in [5.41, 5.74) is 0. The second-order valence-corrected chi connectivity index (χ2v) is 12.6. The quantitative estimate of drug-likeness (QED) is 0.460. The Labute approximate surface area is 230 Å². The monoisotopic (exact) mass is 532 g/mol. The lowest BCUT2D eigenvalue weighted by atomic mass is 9.58. The van der Waals surface area contributed by atoms with E-state index in [2.05, 4.69) is 40.9 Å². The largest absolute Gasteiger partial charge is 0.376 e. The van der Waals surface area contributed by atoms with E-state index in [0.29, 0.717) is 31.0 Å². The number of carbonyl (C=O) groups is 2. The molecule has 0 spiro atoms. The molecular weight excluding hydrogens is 480 g/mol. The Hall–Kier alpha value is -1.22. The molecule has 2 amide bonds. The van der Waals surface area contributed by atoms with E-state index in [1.54, 1.807) is 0 Å². The van der Waals surface area contributed by atoms with Crippen LogP contribution in [0.15, 0.2) is 0 Å². The molecule has 3 aliphatic heterocycles. The highest BCUT2D eigenvalue weighted by Gasteiger charge is 2.58. The summed E-state index contributed by atoms with van der Waals surface area (Å²) < 4.78 is 12.4. The van der Waals surface area contributed by atoms with Gasteiger partial charge >= 0.3 is 0 Å². The third kappa shape index (κ3) is 5.93. The van der Waals surface area contributed by atoms with Crippen LogP contribution in [0, 0.1) is 29.6 Å². The standard InChI is InChI=1S/C30H52N4O4/c1-4-37-25-19-21-11-14-34-28(24(21)20-26(25)38-5-2)27(22-9-6-7-10-23(22)30(34)36)29(35)31-12-8-13-33-17-15-32(3)16-18-33/h21-28H,4-20H2,1-3H3,(H,31,35). The number of nitrogens with one attached hydrogen (secondary N) is 1. The second-order valence-electron chi connectivity index (χ2n) is 12.6. The molecule has 5 rings (SSSR count). The third-order valence-electron chi connectivity index (χ3n) is 10.5. The fraction of sp³-hybridized carbons (Fsp3) is 0.933. The average molecular weight is 533 g/mol. The summed E-state index contributed by atoms with van der Waals surface area (Å²) in [5, 5.41) is 3.37. The van der Waals surface area contributed by atoms with Crippen LogP contribution in [0.25, 0.3) is 0 Å². The summed E-state index contributed by atoms with van der Waals surface area (Å²) in [6.45, 7) is 12.5. The number of nitrogens with zero attached hydrogens (tertiary/aromatic N) is 3. The summed E-state index contributed by atoms with van der Waals surface area (Å²) in [5.74, 6) is 1.44. The molecule has 8 heteroatoms. The fourth-order valence-corrected chi connectivity index (χ4v) is 8.58. The van der Waals surface area contributed by atoms with Gasteiger partial charge in [0.1, 0.15) is 0 Å². The Kier molecular flexibility index (Phi) is 9.66. The van der Waals surface area contributed by atoms with Crippen molar-refractivity contribution < 1.29 is 19.1 Å². The Bertz CT molecular complexity index is 803. The minimum absolute atomic E-state index is 0.00349. The van der Waals surface area contributed by atoms with Crippen LogP contribution >= 0.6 is 0 Å². The third-order valence-corrected chi connectivity index (χ3v) is 10.5. The minimum Gasteiger partial charge on any atom is -0.376 e.